The van der Waals surface area contributed by atoms with Crippen LogP contribution in [0.5, 0.6) is 0 Å². The van der Waals surface area contributed by atoms with E-state index in [4.69, 9.17) is 5.11 Å². The fraction of sp³-hybridized carbons (Fsp3) is 0.167. The van der Waals surface area contributed by atoms with Crippen LogP contribution in [0.2, 0.25) is 0 Å². The molecule has 4 heteroatoms. The van der Waals surface area contributed by atoms with Gasteiger partial charge in [0, 0.05) is 0 Å². The molecule has 0 bridgehead atoms. The van der Waals surface area contributed by atoms with Gasteiger partial charge in [-0.3, -0.25) is 9.59 Å². The summed E-state index contributed by atoms with van der Waals surface area (Å²) in [4.78, 5) is 21.6. The van der Waals surface area contributed by atoms with E-state index in [1.54, 1.807) is 12.2 Å². The fourth-order valence-electron chi connectivity index (χ4n) is 1.70. The topological polar surface area (TPSA) is 66.4 Å². The number of fused-ring (bicyclic) bond motifs is 1. The van der Waals surface area contributed by atoms with Crippen molar-refractivity contribution in [3.8, 4) is 0 Å². The number of aliphatic carboxylic acids is 1. The second-order valence-electron chi connectivity index (χ2n) is 3.61. The maximum absolute atomic E-state index is 11.2. The number of hydrogen-bond donors (Lipinski definition) is 2. The van der Waals surface area contributed by atoms with Gasteiger partial charge in [0.05, 0.1) is 18.5 Å². The molecule has 0 spiro atoms. The van der Waals surface area contributed by atoms with Gasteiger partial charge in [-0.1, -0.05) is 30.4 Å². The minimum Gasteiger partial charge on any atom is -0.481 e. The number of hydrogen-bond acceptors (Lipinski definition) is 2. The van der Waals surface area contributed by atoms with E-state index in [1.165, 1.54) is 0 Å². The van der Waals surface area contributed by atoms with Gasteiger partial charge in [0.1, 0.15) is 0 Å². The van der Waals surface area contributed by atoms with Gasteiger partial charge in [0.2, 0.25) is 5.91 Å². The Kier molecular flexibility index (Phi) is 2.72. The maximum Gasteiger partial charge on any atom is 0.307 e. The first kappa shape index (κ1) is 10.4. The zero-order chi connectivity index (χ0) is 11.5. The Morgan fingerprint density at radius 3 is 3.06 bits per heavy atom. The van der Waals surface area contributed by atoms with Crippen molar-refractivity contribution in [3.63, 3.8) is 0 Å². The highest BCUT2D eigenvalue weighted by Gasteiger charge is 2.18. The van der Waals surface area contributed by atoms with Gasteiger partial charge in [-0.2, -0.15) is 0 Å². The monoisotopic (exact) mass is 217 g/mol. The lowest BCUT2D eigenvalue weighted by atomic mass is 10.1. The molecule has 1 heterocycles. The smallest absolute Gasteiger partial charge is 0.307 e. The number of anilines is 1. The highest BCUT2D eigenvalue weighted by atomic mass is 16.4. The Balaban J connectivity index is 2.23. The van der Waals surface area contributed by atoms with Crippen molar-refractivity contribution in [2.24, 2.45) is 0 Å². The lowest BCUT2D eigenvalue weighted by Crippen LogP contribution is -2.04. The van der Waals surface area contributed by atoms with Crippen LogP contribution < -0.4 is 5.32 Å². The van der Waals surface area contributed by atoms with Crippen molar-refractivity contribution in [2.45, 2.75) is 12.8 Å². The molecule has 1 aliphatic rings. The third-order valence-electron chi connectivity index (χ3n) is 2.39. The quantitative estimate of drug-likeness (QED) is 0.809. The summed E-state index contributed by atoms with van der Waals surface area (Å²) in [6.07, 6.45) is 3.68. The van der Waals surface area contributed by atoms with Crippen molar-refractivity contribution in [1.29, 1.82) is 0 Å². The van der Waals surface area contributed by atoms with Crippen LogP contribution in [0.1, 0.15) is 17.5 Å². The number of amides is 1. The lowest BCUT2D eigenvalue weighted by Gasteiger charge is -2.02. The number of carbonyl (C=O) groups excluding carboxylic acids is 1. The number of rotatable bonds is 3. The molecule has 16 heavy (non-hydrogen) atoms. The third-order valence-corrected chi connectivity index (χ3v) is 2.39. The first-order valence-electron chi connectivity index (χ1n) is 4.97. The van der Waals surface area contributed by atoms with Crippen molar-refractivity contribution in [2.75, 3.05) is 5.32 Å². The number of carboxylic acid groups (broad SMARTS) is 1. The Morgan fingerprint density at radius 2 is 2.31 bits per heavy atom. The molecule has 0 aromatic heterocycles. The van der Waals surface area contributed by atoms with Crippen LogP contribution in [0.25, 0.3) is 6.08 Å². The largest absolute Gasteiger partial charge is 0.481 e. The molecule has 2 N–H and O–H groups in total. The molecule has 4 nitrogen and oxygen atoms in total. The van der Waals surface area contributed by atoms with E-state index < -0.39 is 5.97 Å². The second-order valence-corrected chi connectivity index (χ2v) is 3.61. The molecule has 0 saturated heterocycles. The van der Waals surface area contributed by atoms with E-state index in [9.17, 15) is 9.59 Å². The molecule has 2 rings (SSSR count). The molecule has 0 atom stereocenters. The van der Waals surface area contributed by atoms with Crippen LogP contribution in [0.3, 0.4) is 0 Å². The average molecular weight is 217 g/mol. The molecule has 0 aliphatic carbocycles. The lowest BCUT2D eigenvalue weighted by molar-refractivity contribution is -0.136. The summed E-state index contributed by atoms with van der Waals surface area (Å²) in [5.41, 5.74) is 2.61. The molecule has 0 fully saturated rings. The standard InChI is InChI=1S/C12H11NO3/c14-10-7-9-5-1-3-8(12(9)13-10)4-2-6-11(15)16/h1-5H,6-7H2,(H,13,14)(H,15,16). The van der Waals surface area contributed by atoms with Gasteiger partial charge >= 0.3 is 5.97 Å². The highest BCUT2D eigenvalue weighted by Crippen LogP contribution is 2.27. The third kappa shape index (κ3) is 2.11. The van der Waals surface area contributed by atoms with E-state index in [-0.39, 0.29) is 12.3 Å². The minimum absolute atomic E-state index is 0.0163. The van der Waals surface area contributed by atoms with E-state index in [2.05, 4.69) is 5.32 Å². The van der Waals surface area contributed by atoms with E-state index in [1.807, 2.05) is 18.2 Å². The van der Waals surface area contributed by atoms with Crippen LogP contribution in [-0.4, -0.2) is 17.0 Å². The number of carbonyl (C=O) groups is 2. The fourth-order valence-corrected chi connectivity index (χ4v) is 1.70. The number of benzene rings is 1. The molecule has 1 amide bonds. The van der Waals surface area contributed by atoms with Gasteiger partial charge in [0.15, 0.2) is 0 Å². The predicted molar refractivity (Wildman–Crippen MR) is 60.1 cm³/mol. The van der Waals surface area contributed by atoms with E-state index in [0.29, 0.717) is 6.42 Å². The summed E-state index contributed by atoms with van der Waals surface area (Å²) in [5.74, 6) is -0.887. The first-order valence-corrected chi connectivity index (χ1v) is 4.97. The molecule has 0 radical (unpaired) electrons. The van der Waals surface area contributed by atoms with Gasteiger partial charge in [-0.25, -0.2) is 0 Å². The predicted octanol–water partition coefficient (Wildman–Crippen LogP) is 1.67. The van der Waals surface area contributed by atoms with Gasteiger partial charge < -0.3 is 10.4 Å². The normalized spacial score (nSPS) is 13.9. The van der Waals surface area contributed by atoms with Crippen molar-refractivity contribution < 1.29 is 14.7 Å². The molecular weight excluding hydrogens is 206 g/mol. The summed E-state index contributed by atoms with van der Waals surface area (Å²) in [6.45, 7) is 0. The summed E-state index contributed by atoms with van der Waals surface area (Å²) >= 11 is 0. The zero-order valence-corrected chi connectivity index (χ0v) is 8.56. The van der Waals surface area contributed by atoms with Crippen molar-refractivity contribution >= 4 is 23.6 Å². The van der Waals surface area contributed by atoms with Crippen LogP contribution in [0.4, 0.5) is 5.69 Å². The van der Waals surface area contributed by atoms with Gasteiger partial charge in [0.25, 0.3) is 0 Å². The van der Waals surface area contributed by atoms with Crippen LogP contribution >= 0.6 is 0 Å². The number of carboxylic acids is 1. The van der Waals surface area contributed by atoms with Crippen LogP contribution in [0.15, 0.2) is 24.3 Å². The average Bonchev–Trinajstić information content (AvgIpc) is 2.58. The molecule has 0 unspecified atom stereocenters. The molecule has 82 valence electrons. The van der Waals surface area contributed by atoms with Gasteiger partial charge in [-0.15, -0.1) is 0 Å². The molecule has 0 saturated carbocycles. The minimum atomic E-state index is -0.868. The SMILES string of the molecule is O=C(O)CC=Cc1cccc2c1NC(=O)C2. The van der Waals surface area contributed by atoms with E-state index in [0.717, 1.165) is 16.8 Å². The van der Waals surface area contributed by atoms with Crippen molar-refractivity contribution in [1.82, 2.24) is 0 Å². The van der Waals surface area contributed by atoms with Crippen LogP contribution in [-0.2, 0) is 16.0 Å². The number of nitrogens with one attached hydrogen (secondary N) is 1. The molecule has 1 aromatic carbocycles. The number of para-hydroxylation sites is 1. The Morgan fingerprint density at radius 1 is 1.50 bits per heavy atom. The zero-order valence-electron chi connectivity index (χ0n) is 8.56. The highest BCUT2D eigenvalue weighted by molar-refractivity contribution is 6.01. The summed E-state index contributed by atoms with van der Waals surface area (Å²) < 4.78 is 0. The van der Waals surface area contributed by atoms with E-state index >= 15 is 0 Å². The van der Waals surface area contributed by atoms with Crippen molar-refractivity contribution in [3.05, 3.63) is 35.4 Å². The molecule has 1 aliphatic heterocycles. The summed E-state index contributed by atoms with van der Waals surface area (Å²) in [6, 6.07) is 5.60. The molecular formula is C12H11NO3. The first-order chi connectivity index (χ1) is 7.66. The Labute approximate surface area is 92.6 Å². The summed E-state index contributed by atoms with van der Waals surface area (Å²) in [5, 5.41) is 11.3. The Bertz CT molecular complexity index is 477. The summed E-state index contributed by atoms with van der Waals surface area (Å²) in [7, 11) is 0. The molecule has 1 aromatic rings. The Hall–Kier alpha value is -2.10. The maximum atomic E-state index is 11.2. The van der Waals surface area contributed by atoms with Crippen LogP contribution in [0, 0.1) is 0 Å². The van der Waals surface area contributed by atoms with Gasteiger partial charge in [-0.05, 0) is 11.1 Å². The second kappa shape index (κ2) is 4.18.